The zero-order chi connectivity index (χ0) is 16.4. The first kappa shape index (κ1) is 15.6. The van der Waals surface area contributed by atoms with E-state index in [0.29, 0.717) is 12.8 Å². The zero-order valence-corrected chi connectivity index (χ0v) is 12.8. The quantitative estimate of drug-likeness (QED) is 0.671. The van der Waals surface area contributed by atoms with Crippen LogP contribution in [0, 0.1) is 0 Å². The largest absolute Gasteiger partial charge is 0.480 e. The van der Waals surface area contributed by atoms with Gasteiger partial charge in [-0.15, -0.1) is 0 Å². The summed E-state index contributed by atoms with van der Waals surface area (Å²) >= 11 is 0. The van der Waals surface area contributed by atoms with Crippen molar-refractivity contribution in [1.29, 1.82) is 0 Å². The second-order valence-corrected chi connectivity index (χ2v) is 6.29. The first-order valence-corrected chi connectivity index (χ1v) is 7.87. The number of nitrogens with one attached hydrogen (secondary N) is 2. The fraction of sp³-hybridized carbons (Fsp3) is 0.412. The molecule has 3 rings (SSSR count). The number of carbonyl (C=O) groups excluding carboxylic acids is 1. The van der Waals surface area contributed by atoms with Crippen LogP contribution in [0.1, 0.15) is 31.2 Å². The summed E-state index contributed by atoms with van der Waals surface area (Å²) in [7, 11) is 0. The van der Waals surface area contributed by atoms with Crippen LogP contribution in [-0.4, -0.2) is 33.5 Å². The van der Waals surface area contributed by atoms with Crippen LogP contribution >= 0.6 is 0 Å². The minimum atomic E-state index is -1.05. The van der Waals surface area contributed by atoms with Crippen LogP contribution in [0.2, 0.25) is 0 Å². The van der Waals surface area contributed by atoms with Crippen molar-refractivity contribution in [2.45, 2.75) is 43.7 Å². The molecule has 2 aromatic rings. The molecular formula is C17H21N3O3. The van der Waals surface area contributed by atoms with Gasteiger partial charge in [-0.1, -0.05) is 31.0 Å². The van der Waals surface area contributed by atoms with Crippen molar-refractivity contribution in [2.24, 2.45) is 5.73 Å². The number of nitrogens with two attached hydrogens (primary N) is 1. The number of aromatic amines is 1. The van der Waals surface area contributed by atoms with Crippen molar-refractivity contribution in [2.75, 3.05) is 0 Å². The lowest BCUT2D eigenvalue weighted by Crippen LogP contribution is -2.56. The van der Waals surface area contributed by atoms with Crippen LogP contribution < -0.4 is 11.1 Å². The molecule has 0 radical (unpaired) electrons. The SMILES string of the molecule is NC1(C(=O)N[C@@H](Cc2c[nH]c3ccccc23)C(=O)O)CCCC1. The summed E-state index contributed by atoms with van der Waals surface area (Å²) in [6.45, 7) is 0. The lowest BCUT2D eigenvalue weighted by molar-refractivity contribution is -0.142. The van der Waals surface area contributed by atoms with Gasteiger partial charge in [0, 0.05) is 23.5 Å². The molecule has 1 saturated carbocycles. The first-order valence-electron chi connectivity index (χ1n) is 7.87. The third-order valence-electron chi connectivity index (χ3n) is 4.65. The van der Waals surface area contributed by atoms with Crippen LogP contribution in [0.15, 0.2) is 30.5 Å². The Morgan fingerprint density at radius 2 is 2.00 bits per heavy atom. The number of aliphatic carboxylic acids is 1. The molecule has 1 aromatic carbocycles. The second-order valence-electron chi connectivity index (χ2n) is 6.29. The highest BCUT2D eigenvalue weighted by molar-refractivity contribution is 5.91. The van der Waals surface area contributed by atoms with E-state index in [2.05, 4.69) is 10.3 Å². The number of carboxylic acid groups (broad SMARTS) is 1. The normalized spacial score (nSPS) is 18.0. The van der Waals surface area contributed by atoms with Gasteiger partial charge in [0.1, 0.15) is 6.04 Å². The summed E-state index contributed by atoms with van der Waals surface area (Å²) in [6.07, 6.45) is 5.05. The van der Waals surface area contributed by atoms with Gasteiger partial charge in [-0.25, -0.2) is 4.79 Å². The Morgan fingerprint density at radius 3 is 2.70 bits per heavy atom. The molecule has 1 heterocycles. The smallest absolute Gasteiger partial charge is 0.326 e. The summed E-state index contributed by atoms with van der Waals surface area (Å²) < 4.78 is 0. The van der Waals surface area contributed by atoms with Gasteiger partial charge < -0.3 is 21.1 Å². The molecule has 6 nitrogen and oxygen atoms in total. The zero-order valence-electron chi connectivity index (χ0n) is 12.8. The molecule has 1 amide bonds. The molecule has 1 aliphatic carbocycles. The summed E-state index contributed by atoms with van der Waals surface area (Å²) in [4.78, 5) is 27.0. The highest BCUT2D eigenvalue weighted by Gasteiger charge is 2.38. The van der Waals surface area contributed by atoms with Crippen LogP contribution in [0.4, 0.5) is 0 Å². The van der Waals surface area contributed by atoms with E-state index in [4.69, 9.17) is 5.73 Å². The van der Waals surface area contributed by atoms with E-state index >= 15 is 0 Å². The molecule has 0 spiro atoms. The van der Waals surface area contributed by atoms with Gasteiger partial charge in [-0.3, -0.25) is 4.79 Å². The average Bonchev–Trinajstić information content (AvgIpc) is 3.14. The number of fused-ring (bicyclic) bond motifs is 1. The molecule has 6 heteroatoms. The molecule has 122 valence electrons. The summed E-state index contributed by atoms with van der Waals surface area (Å²) in [5, 5.41) is 13.0. The monoisotopic (exact) mass is 315 g/mol. The molecule has 0 saturated heterocycles. The highest BCUT2D eigenvalue weighted by atomic mass is 16.4. The Balaban J connectivity index is 1.77. The van der Waals surface area contributed by atoms with Crippen molar-refractivity contribution in [3.8, 4) is 0 Å². The minimum absolute atomic E-state index is 0.223. The maximum atomic E-state index is 12.4. The average molecular weight is 315 g/mol. The number of benzene rings is 1. The molecule has 0 bridgehead atoms. The molecule has 5 N–H and O–H groups in total. The topological polar surface area (TPSA) is 108 Å². The van der Waals surface area contributed by atoms with Crippen LogP contribution in [-0.2, 0) is 16.0 Å². The second kappa shape index (κ2) is 6.04. The molecule has 1 aromatic heterocycles. The standard InChI is InChI=1S/C17H21N3O3/c18-17(7-3-4-8-17)16(23)20-14(15(21)22)9-11-10-19-13-6-2-1-5-12(11)13/h1-2,5-6,10,14,19H,3-4,7-9,18H2,(H,20,23)(H,21,22)/t14-/m0/s1. The van der Waals surface area contributed by atoms with Gasteiger partial charge in [0.2, 0.25) is 5.91 Å². The number of hydrogen-bond acceptors (Lipinski definition) is 3. The number of para-hydroxylation sites is 1. The first-order chi connectivity index (χ1) is 11.0. The van der Waals surface area contributed by atoms with Crippen molar-refractivity contribution in [3.05, 3.63) is 36.0 Å². The van der Waals surface area contributed by atoms with E-state index in [1.54, 1.807) is 6.20 Å². The van der Waals surface area contributed by atoms with Crippen molar-refractivity contribution < 1.29 is 14.7 Å². The van der Waals surface area contributed by atoms with E-state index in [1.165, 1.54) is 0 Å². The highest BCUT2D eigenvalue weighted by Crippen LogP contribution is 2.27. The molecule has 0 unspecified atom stereocenters. The van der Waals surface area contributed by atoms with Crippen LogP contribution in [0.3, 0.4) is 0 Å². The fourth-order valence-electron chi connectivity index (χ4n) is 3.26. The third-order valence-corrected chi connectivity index (χ3v) is 4.65. The van der Waals surface area contributed by atoms with Crippen molar-refractivity contribution >= 4 is 22.8 Å². The lowest BCUT2D eigenvalue weighted by atomic mass is 9.96. The maximum absolute atomic E-state index is 12.4. The number of carboxylic acids is 1. The van der Waals surface area contributed by atoms with E-state index in [1.807, 2.05) is 24.3 Å². The van der Waals surface area contributed by atoms with E-state index in [9.17, 15) is 14.7 Å². The number of carbonyl (C=O) groups is 2. The van der Waals surface area contributed by atoms with Gasteiger partial charge >= 0.3 is 5.97 Å². The van der Waals surface area contributed by atoms with Crippen molar-refractivity contribution in [3.63, 3.8) is 0 Å². The van der Waals surface area contributed by atoms with E-state index < -0.39 is 17.6 Å². The maximum Gasteiger partial charge on any atom is 0.326 e. The lowest BCUT2D eigenvalue weighted by Gasteiger charge is -2.25. The van der Waals surface area contributed by atoms with Gasteiger partial charge in [0.15, 0.2) is 0 Å². The van der Waals surface area contributed by atoms with Gasteiger partial charge in [-0.2, -0.15) is 0 Å². The Morgan fingerprint density at radius 1 is 1.30 bits per heavy atom. The number of aromatic nitrogens is 1. The van der Waals surface area contributed by atoms with Gasteiger partial charge in [0.25, 0.3) is 0 Å². The Bertz CT molecular complexity index is 732. The van der Waals surface area contributed by atoms with E-state index in [0.717, 1.165) is 29.3 Å². The molecule has 0 aliphatic heterocycles. The molecular weight excluding hydrogens is 294 g/mol. The summed E-state index contributed by atoms with van der Waals surface area (Å²) in [5.41, 5.74) is 7.00. The van der Waals surface area contributed by atoms with Gasteiger partial charge in [0.05, 0.1) is 5.54 Å². The van der Waals surface area contributed by atoms with Crippen LogP contribution in [0.25, 0.3) is 10.9 Å². The predicted octanol–water partition coefficient (Wildman–Crippen LogP) is 1.55. The minimum Gasteiger partial charge on any atom is -0.480 e. The Hall–Kier alpha value is -2.34. The molecule has 1 fully saturated rings. The molecule has 1 atom stereocenters. The number of H-pyrrole nitrogens is 1. The summed E-state index contributed by atoms with van der Waals surface area (Å²) in [5.74, 6) is -1.41. The number of hydrogen-bond donors (Lipinski definition) is 4. The fourth-order valence-corrected chi connectivity index (χ4v) is 3.26. The van der Waals surface area contributed by atoms with Crippen molar-refractivity contribution in [1.82, 2.24) is 10.3 Å². The van der Waals surface area contributed by atoms with Crippen LogP contribution in [0.5, 0.6) is 0 Å². The Labute approximate surface area is 134 Å². The van der Waals surface area contributed by atoms with Gasteiger partial charge in [-0.05, 0) is 24.5 Å². The number of amides is 1. The van der Waals surface area contributed by atoms with E-state index in [-0.39, 0.29) is 12.3 Å². The number of rotatable bonds is 5. The summed E-state index contributed by atoms with van der Waals surface area (Å²) in [6, 6.07) is 6.70. The third kappa shape index (κ3) is 3.07. The molecule has 1 aliphatic rings. The molecule has 23 heavy (non-hydrogen) atoms. The Kier molecular flexibility index (Phi) is 4.09. The predicted molar refractivity (Wildman–Crippen MR) is 87.0 cm³/mol.